The highest BCUT2D eigenvalue weighted by Crippen LogP contribution is 2.54. The van der Waals surface area contributed by atoms with E-state index in [9.17, 15) is 0 Å². The lowest BCUT2D eigenvalue weighted by Crippen LogP contribution is -2.61. The van der Waals surface area contributed by atoms with Crippen LogP contribution in [-0.2, 0) is 10.8 Å². The Bertz CT molecular complexity index is 4650. The van der Waals surface area contributed by atoms with E-state index >= 15 is 0 Å². The van der Waals surface area contributed by atoms with Crippen molar-refractivity contribution in [1.82, 2.24) is 4.57 Å². The van der Waals surface area contributed by atoms with Gasteiger partial charge in [-0.05, 0) is 164 Å². The normalized spacial score (nSPS) is 12.9. The maximum atomic E-state index is 2.61. The van der Waals surface area contributed by atoms with E-state index in [1.807, 2.05) is 0 Å². The van der Waals surface area contributed by atoms with Gasteiger partial charge in [0.15, 0.2) is 0 Å². The van der Waals surface area contributed by atoms with Crippen LogP contribution in [0.4, 0.5) is 68.2 Å². The molecule has 0 aliphatic carbocycles. The number of rotatable bonds is 9. The Morgan fingerprint density at radius 2 is 0.767 bits per heavy atom. The molecule has 0 unspecified atom stereocenters. The van der Waals surface area contributed by atoms with Gasteiger partial charge in [0.25, 0.3) is 6.71 Å². The van der Waals surface area contributed by atoms with Crippen molar-refractivity contribution >= 4 is 113 Å². The zero-order valence-corrected chi connectivity index (χ0v) is 49.4. The number of anilines is 12. The molecule has 86 heavy (non-hydrogen) atoms. The lowest BCUT2D eigenvalue weighted by molar-refractivity contribution is 0.590. The Balaban J connectivity index is 0.978. The minimum atomic E-state index is -0.127. The average Bonchev–Trinajstić information content (AvgIpc) is 1.22. The minimum Gasteiger partial charge on any atom is -0.311 e. The Kier molecular flexibility index (Phi) is 11.7. The molecule has 0 saturated carbocycles. The van der Waals surface area contributed by atoms with Gasteiger partial charge in [-0.15, -0.1) is 0 Å². The molecule has 1 aromatic heterocycles. The highest BCUT2D eigenvalue weighted by molar-refractivity contribution is 7.00. The maximum absolute atomic E-state index is 2.61. The third-order valence-corrected chi connectivity index (χ3v) is 18.2. The summed E-state index contributed by atoms with van der Waals surface area (Å²) in [6, 6.07) is 104. The van der Waals surface area contributed by atoms with Crippen LogP contribution in [0.15, 0.2) is 279 Å². The molecule has 3 aliphatic rings. The van der Waals surface area contributed by atoms with E-state index in [2.05, 4.69) is 345 Å². The van der Waals surface area contributed by atoms with Crippen LogP contribution in [0, 0.1) is 0 Å². The van der Waals surface area contributed by atoms with Gasteiger partial charge in [0.2, 0.25) is 0 Å². The first-order valence-electron chi connectivity index (χ1n) is 30.2. The second-order valence-corrected chi connectivity index (χ2v) is 25.4. The summed E-state index contributed by atoms with van der Waals surface area (Å²) in [6.07, 6.45) is 0. The summed E-state index contributed by atoms with van der Waals surface area (Å²) in [5.74, 6) is 0. The van der Waals surface area contributed by atoms with Crippen LogP contribution in [0.2, 0.25) is 0 Å². The van der Waals surface area contributed by atoms with E-state index in [0.29, 0.717) is 0 Å². The summed E-state index contributed by atoms with van der Waals surface area (Å²) in [4.78, 5) is 10.1. The number of fused-ring (bicyclic) bond motifs is 9. The number of benzene rings is 12. The molecule has 0 N–H and O–H groups in total. The summed E-state index contributed by atoms with van der Waals surface area (Å²) in [7, 11) is 0. The maximum Gasteiger partial charge on any atom is 0.252 e. The van der Waals surface area contributed by atoms with Crippen LogP contribution in [0.25, 0.3) is 49.7 Å². The lowest BCUT2D eigenvalue weighted by atomic mass is 9.33. The number of hydrogen-bond donors (Lipinski definition) is 0. The topological polar surface area (TPSA) is 17.9 Å². The van der Waals surface area contributed by atoms with Crippen LogP contribution in [0.1, 0.15) is 52.7 Å². The molecule has 12 aromatic carbocycles. The first-order chi connectivity index (χ1) is 41.9. The number of nitrogens with zero attached hydrogens (tertiary/aromatic N) is 5. The van der Waals surface area contributed by atoms with E-state index < -0.39 is 0 Å². The summed E-state index contributed by atoms with van der Waals surface area (Å²) < 4.78 is 2.54. The molecule has 0 bridgehead atoms. The molecule has 0 atom stereocenters. The SMILES string of the molecule is CC(C)(C)c1ccc(N(c2ccc(C(C)(C)C)cc2)c2ccc3c(c2)N(c2ccc(-c4ccc(-c5ccccc5)cc4)cc2)c2cc(N(c4ccccc4)c4ccccc4)cc4c2B3c2cccc3c2N4c2cccc4c5ccccc5n-3c24)cc1. The highest BCUT2D eigenvalue weighted by atomic mass is 15.2. The molecule has 5 nitrogen and oxygen atoms in total. The van der Waals surface area contributed by atoms with Gasteiger partial charge in [0, 0.05) is 62.0 Å². The monoisotopic (exact) mass is 1110 g/mol. The summed E-state index contributed by atoms with van der Waals surface area (Å²) in [5.41, 5.74) is 28.2. The summed E-state index contributed by atoms with van der Waals surface area (Å²) in [6.45, 7) is 13.6. The van der Waals surface area contributed by atoms with Crippen LogP contribution >= 0.6 is 0 Å². The van der Waals surface area contributed by atoms with E-state index in [1.54, 1.807) is 0 Å². The van der Waals surface area contributed by atoms with Crippen LogP contribution in [0.3, 0.4) is 0 Å². The van der Waals surface area contributed by atoms with Crippen molar-refractivity contribution < 1.29 is 0 Å². The standard InChI is InChI=1S/C80H64BN5/c1-79(2,3)57-38-44-61(45-39-57)82(62-46-40-58(41-47-62)80(4,5)6)64-48-49-68-73(50-64)84(63-42-36-56(37-43-63)55-34-32-54(33-35-55)53-20-10-7-11-21-53)74-51-65(83(59-22-12-8-13-23-59)60-24-14-9-15-25-60)52-75-76(74)81(68)69-28-19-31-72-78(69)86(75)71-30-18-27-67-66-26-16-17-29-70(66)85(72)77(67)71/h7-52H,1-6H3. The van der Waals surface area contributed by atoms with Gasteiger partial charge >= 0.3 is 0 Å². The molecule has 0 fully saturated rings. The molecular formula is C80H64BN5. The summed E-state index contributed by atoms with van der Waals surface area (Å²) in [5, 5.41) is 2.50. The zero-order chi connectivity index (χ0) is 58.0. The fraction of sp³-hybridized carbons (Fsp3) is 0.100. The van der Waals surface area contributed by atoms with Gasteiger partial charge in [0.05, 0.1) is 33.8 Å². The Labute approximate surface area is 505 Å². The fourth-order valence-electron chi connectivity index (χ4n) is 14.0. The number of aromatic nitrogens is 1. The number of para-hydroxylation sites is 5. The molecule has 0 radical (unpaired) electrons. The fourth-order valence-corrected chi connectivity index (χ4v) is 14.0. The second kappa shape index (κ2) is 19.7. The van der Waals surface area contributed by atoms with Crippen molar-refractivity contribution in [3.8, 4) is 27.9 Å². The molecule has 16 rings (SSSR count). The highest BCUT2D eigenvalue weighted by Gasteiger charge is 2.47. The molecular weight excluding hydrogens is 1040 g/mol. The predicted octanol–water partition coefficient (Wildman–Crippen LogP) is 20.0. The van der Waals surface area contributed by atoms with E-state index in [4.69, 9.17) is 0 Å². The van der Waals surface area contributed by atoms with Crippen molar-refractivity contribution in [3.05, 3.63) is 290 Å². The zero-order valence-electron chi connectivity index (χ0n) is 49.4. The van der Waals surface area contributed by atoms with E-state index in [-0.39, 0.29) is 17.5 Å². The molecule has 0 spiro atoms. The first kappa shape index (κ1) is 51.4. The third-order valence-electron chi connectivity index (χ3n) is 18.2. The van der Waals surface area contributed by atoms with Crippen molar-refractivity contribution in [2.75, 3.05) is 19.6 Å². The van der Waals surface area contributed by atoms with Gasteiger partial charge in [0.1, 0.15) is 0 Å². The van der Waals surface area contributed by atoms with Crippen molar-refractivity contribution in [3.63, 3.8) is 0 Å². The number of hydrogen-bond acceptors (Lipinski definition) is 4. The van der Waals surface area contributed by atoms with Gasteiger partial charge in [-0.3, -0.25) is 0 Å². The third kappa shape index (κ3) is 8.22. The molecule has 6 heteroatoms. The van der Waals surface area contributed by atoms with Gasteiger partial charge in [-0.1, -0.05) is 217 Å². The van der Waals surface area contributed by atoms with E-state index in [1.165, 1.54) is 83.1 Å². The molecule has 0 amide bonds. The quantitative estimate of drug-likeness (QED) is 0.134. The van der Waals surface area contributed by atoms with Gasteiger partial charge in [-0.25, -0.2) is 0 Å². The average molecular weight is 1110 g/mol. The smallest absolute Gasteiger partial charge is 0.252 e. The Hall–Kier alpha value is -10.3. The molecule has 0 saturated heterocycles. The molecule has 13 aromatic rings. The minimum absolute atomic E-state index is 0.00162. The summed E-state index contributed by atoms with van der Waals surface area (Å²) >= 11 is 0. The molecule has 3 aliphatic heterocycles. The predicted molar refractivity (Wildman–Crippen MR) is 366 cm³/mol. The van der Waals surface area contributed by atoms with Crippen molar-refractivity contribution in [2.24, 2.45) is 0 Å². The first-order valence-corrected chi connectivity index (χ1v) is 30.2. The van der Waals surface area contributed by atoms with Crippen molar-refractivity contribution in [1.29, 1.82) is 0 Å². The largest absolute Gasteiger partial charge is 0.311 e. The Morgan fingerprint density at radius 3 is 1.36 bits per heavy atom. The van der Waals surface area contributed by atoms with Gasteiger partial charge in [-0.2, -0.15) is 0 Å². The van der Waals surface area contributed by atoms with Crippen LogP contribution in [-0.4, -0.2) is 11.3 Å². The van der Waals surface area contributed by atoms with Crippen LogP contribution < -0.4 is 36.0 Å². The van der Waals surface area contributed by atoms with Gasteiger partial charge < -0.3 is 24.2 Å². The Morgan fingerprint density at radius 1 is 0.314 bits per heavy atom. The van der Waals surface area contributed by atoms with Crippen LogP contribution in [0.5, 0.6) is 0 Å². The lowest BCUT2D eigenvalue weighted by Gasteiger charge is -2.47. The molecule has 412 valence electrons. The second-order valence-electron chi connectivity index (χ2n) is 25.4. The van der Waals surface area contributed by atoms with Crippen molar-refractivity contribution in [2.45, 2.75) is 52.4 Å². The molecule has 4 heterocycles. The van der Waals surface area contributed by atoms with E-state index in [0.717, 1.165) is 62.4 Å².